The Morgan fingerprint density at radius 3 is 2.18 bits per heavy atom. The Kier molecular flexibility index (Phi) is 8.50. The van der Waals surface area contributed by atoms with Gasteiger partial charge in [0.15, 0.2) is 54.4 Å². The molecule has 3 N–H and O–H groups in total. The van der Waals surface area contributed by atoms with Crippen LogP contribution in [0.1, 0.15) is 43.0 Å². The number of carbonyl (C=O) groups is 2. The molecule has 0 unspecified atom stereocenters. The molecule has 0 saturated carbocycles. The van der Waals surface area contributed by atoms with Crippen LogP contribution in [0.4, 0.5) is 28.4 Å². The number of carbonyl (C=O) groups excluding carboxylic acids is 2. The highest BCUT2D eigenvalue weighted by atomic mass is 16.5. The van der Waals surface area contributed by atoms with Crippen molar-refractivity contribution < 1.29 is 28.5 Å². The van der Waals surface area contributed by atoms with Gasteiger partial charge in [0.1, 0.15) is 0 Å². The Hall–Kier alpha value is -6.41. The third-order valence-corrected chi connectivity index (χ3v) is 11.4. The van der Waals surface area contributed by atoms with Crippen molar-refractivity contribution in [1.82, 2.24) is 0 Å². The van der Waals surface area contributed by atoms with Crippen LogP contribution in [0.15, 0.2) is 83.9 Å². The Morgan fingerprint density at radius 1 is 0.789 bits per heavy atom. The summed E-state index contributed by atoms with van der Waals surface area (Å²) in [5.74, 6) is 1.50. The van der Waals surface area contributed by atoms with Crippen molar-refractivity contribution in [3.8, 4) is 23.0 Å². The molecule has 5 aromatic rings. The predicted octanol–water partition coefficient (Wildman–Crippen LogP) is 2.08. The number of amides is 2. The van der Waals surface area contributed by atoms with Crippen molar-refractivity contribution in [2.75, 3.05) is 41.6 Å². The van der Waals surface area contributed by atoms with Gasteiger partial charge in [0, 0.05) is 54.7 Å². The summed E-state index contributed by atoms with van der Waals surface area (Å²) in [5, 5.41) is 1.65. The van der Waals surface area contributed by atoms with Gasteiger partial charge in [0.2, 0.25) is 0 Å². The SMILES string of the molecule is BC(B)(Oc1cc2c(cc1OC)C(=O)N1c3ccccc3C[C@H]1C=N2)c1cc(N)cc(C(B)(B)Oc2cc3c(cc2OC)C(=O)N2c4ccc#cc4C[C@H]2CN3)c1. The van der Waals surface area contributed by atoms with Gasteiger partial charge in [0.25, 0.3) is 11.8 Å². The fourth-order valence-corrected chi connectivity index (χ4v) is 8.41. The summed E-state index contributed by atoms with van der Waals surface area (Å²) < 4.78 is 25.1. The molecular weight excluding hydrogens is 714 g/mol. The van der Waals surface area contributed by atoms with Gasteiger partial charge in [-0.3, -0.25) is 19.5 Å². The van der Waals surface area contributed by atoms with Crippen molar-refractivity contribution in [2.45, 2.75) is 35.7 Å². The number of hydrogen-bond donors (Lipinski definition) is 2. The lowest BCUT2D eigenvalue weighted by Gasteiger charge is -2.33. The van der Waals surface area contributed by atoms with E-state index >= 15 is 0 Å². The summed E-state index contributed by atoms with van der Waals surface area (Å²) in [4.78, 5) is 36.4. The van der Waals surface area contributed by atoms with Crippen molar-refractivity contribution in [3.63, 3.8) is 0 Å². The predicted molar refractivity (Wildman–Crippen MR) is 231 cm³/mol. The van der Waals surface area contributed by atoms with E-state index in [4.69, 9.17) is 29.7 Å². The Balaban J connectivity index is 0.995. The van der Waals surface area contributed by atoms with E-state index in [0.717, 1.165) is 33.6 Å². The van der Waals surface area contributed by atoms with E-state index in [1.807, 2.05) is 102 Å². The number of aliphatic imine (C=N–C) groups is 1. The van der Waals surface area contributed by atoms with Gasteiger partial charge in [-0.1, -0.05) is 36.4 Å². The minimum absolute atomic E-state index is 0.0492. The van der Waals surface area contributed by atoms with E-state index < -0.39 is 10.8 Å². The molecule has 5 aromatic carbocycles. The maximum Gasteiger partial charge on any atom is 0.261 e. The lowest BCUT2D eigenvalue weighted by molar-refractivity contribution is 0.0976. The quantitative estimate of drug-likeness (QED) is 0.182. The second-order valence-electron chi connectivity index (χ2n) is 15.9. The van der Waals surface area contributed by atoms with Gasteiger partial charge >= 0.3 is 0 Å². The Labute approximate surface area is 335 Å². The molecule has 0 bridgehead atoms. The summed E-state index contributed by atoms with van der Waals surface area (Å²) in [5.41, 5.74) is 14.7. The largest absolute Gasteiger partial charge is 0.497 e. The Morgan fingerprint density at radius 2 is 1.46 bits per heavy atom. The number of nitrogens with zero attached hydrogens (tertiary/aromatic N) is 3. The van der Waals surface area contributed by atoms with Crippen LogP contribution in [0.5, 0.6) is 23.0 Å². The summed E-state index contributed by atoms with van der Waals surface area (Å²) in [6, 6.07) is 30.4. The number of rotatable bonds is 8. The molecule has 9 rings (SSSR count). The standard InChI is InChI=1S/C42H39B4N5O6/c1-54-35-16-29-31(48-20-27-11-22-7-3-5-9-33(22)50(27)39(29)52)18-37(35)56-41(43,44)24-13-25(15-26(47)14-24)42(45,46)57-38-19-32-30(17-36(38)55-2)40(53)51-28(21-49-32)12-23-8-4-6-10-34(23)51/h3,5-7,9-10,13-20,27-28,49H,11-12,21,43-47H2,1-2H3/t27-,28-/m0/s1. The molecule has 4 aliphatic rings. The lowest BCUT2D eigenvalue weighted by Crippen LogP contribution is -2.39. The van der Waals surface area contributed by atoms with E-state index in [2.05, 4.69) is 17.4 Å². The van der Waals surface area contributed by atoms with Gasteiger partial charge in [-0.05, 0) is 59.2 Å². The van der Waals surface area contributed by atoms with Gasteiger partial charge in [-0.25, -0.2) is 0 Å². The maximum atomic E-state index is 14.0. The van der Waals surface area contributed by atoms with E-state index in [1.165, 1.54) is 0 Å². The number of fused-ring (bicyclic) bond motifs is 8. The van der Waals surface area contributed by atoms with Crippen LogP contribution < -0.4 is 39.8 Å². The molecule has 2 atom stereocenters. The average Bonchev–Trinajstić information content (AvgIpc) is 3.68. The fraction of sp³-hybridized carbons (Fsp3) is 0.214. The average molecular weight is 753 g/mol. The van der Waals surface area contributed by atoms with E-state index in [1.54, 1.807) is 38.5 Å². The molecule has 0 spiro atoms. The van der Waals surface area contributed by atoms with Crippen LogP contribution in [0.2, 0.25) is 0 Å². The minimum Gasteiger partial charge on any atom is -0.497 e. The zero-order chi connectivity index (χ0) is 39.8. The van der Waals surface area contributed by atoms with Gasteiger partial charge in [-0.15, -0.1) is 0 Å². The molecule has 15 heteroatoms. The first kappa shape index (κ1) is 36.2. The number of nitrogens with one attached hydrogen (secondary N) is 1. The number of nitrogens with two attached hydrogens (primary N) is 1. The van der Waals surface area contributed by atoms with Crippen LogP contribution in [-0.2, 0) is 23.6 Å². The molecule has 0 radical (unpaired) electrons. The van der Waals surface area contributed by atoms with Crippen LogP contribution in [0.3, 0.4) is 0 Å². The number of ether oxygens (including phenoxy) is 4. The van der Waals surface area contributed by atoms with E-state index in [0.29, 0.717) is 70.6 Å². The van der Waals surface area contributed by atoms with Crippen LogP contribution in [0, 0.1) is 12.1 Å². The normalized spacial score (nSPS) is 17.7. The van der Waals surface area contributed by atoms with E-state index in [-0.39, 0.29) is 23.9 Å². The van der Waals surface area contributed by atoms with Crippen molar-refractivity contribution in [2.24, 2.45) is 4.99 Å². The summed E-state index contributed by atoms with van der Waals surface area (Å²) in [6.45, 7) is 0.565. The van der Waals surface area contributed by atoms with E-state index in [9.17, 15) is 9.59 Å². The first-order valence-corrected chi connectivity index (χ1v) is 19.0. The molecule has 4 aliphatic heterocycles. The van der Waals surface area contributed by atoms with Crippen LogP contribution >= 0.6 is 0 Å². The highest BCUT2D eigenvalue weighted by Gasteiger charge is 2.40. The molecule has 0 saturated heterocycles. The molecule has 4 heterocycles. The van der Waals surface area contributed by atoms with Crippen LogP contribution in [-0.4, -0.2) is 82.3 Å². The zero-order valence-corrected chi connectivity index (χ0v) is 32.7. The third kappa shape index (κ3) is 6.11. The van der Waals surface area contributed by atoms with Crippen molar-refractivity contribution in [1.29, 1.82) is 0 Å². The van der Waals surface area contributed by atoms with Crippen LogP contribution in [0.25, 0.3) is 0 Å². The molecule has 280 valence electrons. The second kappa shape index (κ2) is 13.4. The number of benzene rings is 4. The van der Waals surface area contributed by atoms with Gasteiger partial charge < -0.3 is 34.9 Å². The molecule has 11 nitrogen and oxygen atoms in total. The molecular formula is C42H39B4N5O6. The smallest absolute Gasteiger partial charge is 0.261 e. The van der Waals surface area contributed by atoms with Gasteiger partial charge in [-0.2, -0.15) is 0 Å². The van der Waals surface area contributed by atoms with Crippen molar-refractivity contribution >= 4 is 77.9 Å². The number of hydrogen-bond acceptors (Lipinski definition) is 9. The lowest BCUT2D eigenvalue weighted by atomic mass is 9.57. The fourth-order valence-electron chi connectivity index (χ4n) is 8.41. The number of anilines is 4. The third-order valence-electron chi connectivity index (χ3n) is 11.4. The van der Waals surface area contributed by atoms with Crippen molar-refractivity contribution in [3.05, 3.63) is 124 Å². The number of methoxy groups -OCH3 is 2. The maximum absolute atomic E-state index is 14.0. The molecule has 0 aromatic heterocycles. The highest BCUT2D eigenvalue weighted by molar-refractivity contribution is 6.40. The first-order chi connectivity index (χ1) is 27.3. The van der Waals surface area contributed by atoms with Gasteiger partial charge in [0.05, 0.1) is 65.3 Å². The molecule has 57 heavy (non-hydrogen) atoms. The zero-order valence-electron chi connectivity index (χ0n) is 32.7. The number of nitrogen functional groups attached to an aromatic ring is 1. The minimum atomic E-state index is -0.924. The summed E-state index contributed by atoms with van der Waals surface area (Å²) >= 11 is 0. The topological polar surface area (TPSA) is 128 Å². The highest BCUT2D eigenvalue weighted by Crippen LogP contribution is 2.44. The summed E-state index contributed by atoms with van der Waals surface area (Å²) in [6.07, 6.45) is 3.24. The number of para-hydroxylation sites is 1. The molecule has 0 fully saturated rings. The second-order valence-corrected chi connectivity index (χ2v) is 15.9. The Bertz CT molecular complexity index is 2530. The molecule has 0 aliphatic carbocycles. The monoisotopic (exact) mass is 753 g/mol. The molecule has 2 amide bonds. The summed E-state index contributed by atoms with van der Waals surface area (Å²) in [7, 11) is 10.9. The first-order valence-electron chi connectivity index (χ1n) is 19.0.